The van der Waals surface area contributed by atoms with E-state index in [1.807, 2.05) is 30.7 Å². The molecule has 1 amide bonds. The Labute approximate surface area is 260 Å². The molecule has 1 aliphatic heterocycles. The highest BCUT2D eigenvalue weighted by molar-refractivity contribution is 6.00. The van der Waals surface area contributed by atoms with Crippen LogP contribution < -0.4 is 10.5 Å². The summed E-state index contributed by atoms with van der Waals surface area (Å²) < 4.78 is 24.2. The zero-order valence-electron chi connectivity index (χ0n) is 25.7. The number of amides is 1. The van der Waals surface area contributed by atoms with Crippen LogP contribution in [0.15, 0.2) is 48.7 Å². The van der Waals surface area contributed by atoms with Gasteiger partial charge < -0.3 is 24.5 Å². The molecule has 0 unspecified atom stereocenters. The molecule has 5 heterocycles. The van der Waals surface area contributed by atoms with Gasteiger partial charge in [-0.05, 0) is 67.6 Å². The number of ether oxygens (including phenoxy) is 1. The minimum Gasteiger partial charge on any atom is -0.494 e. The number of likely N-dealkylation sites (tertiary alicyclic amines) is 1. The first-order valence-corrected chi connectivity index (χ1v) is 15.5. The minimum atomic E-state index is -1.15. The summed E-state index contributed by atoms with van der Waals surface area (Å²) in [7, 11) is 3.51. The van der Waals surface area contributed by atoms with Crippen molar-refractivity contribution < 1.29 is 18.7 Å². The van der Waals surface area contributed by atoms with Gasteiger partial charge in [-0.3, -0.25) is 14.6 Å². The van der Waals surface area contributed by atoms with Crippen molar-refractivity contribution in [3.63, 3.8) is 0 Å². The molecule has 232 valence electrons. The normalized spacial score (nSPS) is 18.6. The molecule has 2 atom stereocenters. The average Bonchev–Trinajstić information content (AvgIpc) is 3.72. The van der Waals surface area contributed by atoms with Crippen molar-refractivity contribution in [3.05, 3.63) is 59.9 Å². The highest BCUT2D eigenvalue weighted by Gasteiger charge is 2.30. The van der Waals surface area contributed by atoms with Crippen molar-refractivity contribution in [2.75, 3.05) is 20.2 Å². The van der Waals surface area contributed by atoms with Gasteiger partial charge >= 0.3 is 0 Å². The van der Waals surface area contributed by atoms with E-state index in [0.29, 0.717) is 41.4 Å². The number of methoxy groups -OCH3 is 1. The molecule has 10 nitrogen and oxygen atoms in total. The highest BCUT2D eigenvalue weighted by atomic mass is 19.1. The van der Waals surface area contributed by atoms with Crippen molar-refractivity contribution >= 4 is 33.8 Å². The lowest BCUT2D eigenvalue weighted by molar-refractivity contribution is 0.0606. The number of rotatable bonds is 8. The van der Waals surface area contributed by atoms with Crippen LogP contribution in [0, 0.1) is 5.92 Å². The Bertz CT molecular complexity index is 1930. The predicted molar refractivity (Wildman–Crippen MR) is 170 cm³/mol. The summed E-state index contributed by atoms with van der Waals surface area (Å²) in [6.07, 6.45) is 3.55. The number of ketones is 1. The molecule has 11 heteroatoms. The van der Waals surface area contributed by atoms with Crippen molar-refractivity contribution in [2.45, 2.75) is 51.4 Å². The number of carbonyl (C=O) groups excluding carboxylic acids is 2. The molecule has 2 fully saturated rings. The molecule has 1 saturated carbocycles. The average molecular weight is 610 g/mol. The van der Waals surface area contributed by atoms with Crippen LogP contribution in [0.3, 0.4) is 0 Å². The van der Waals surface area contributed by atoms with E-state index in [1.54, 1.807) is 31.5 Å². The summed E-state index contributed by atoms with van der Waals surface area (Å²) in [4.78, 5) is 41.5. The van der Waals surface area contributed by atoms with Crippen LogP contribution in [-0.4, -0.2) is 73.1 Å². The lowest BCUT2D eigenvalue weighted by Gasteiger charge is -2.33. The Morgan fingerprint density at radius 3 is 2.60 bits per heavy atom. The van der Waals surface area contributed by atoms with Crippen molar-refractivity contribution in [1.29, 1.82) is 0 Å². The number of Topliss-reactive ketones (excluding diaryl/α,β-unsaturated/α-hetero) is 1. The van der Waals surface area contributed by atoms with Crippen molar-refractivity contribution in [3.8, 4) is 28.5 Å². The summed E-state index contributed by atoms with van der Waals surface area (Å²) in [6.45, 7) is 2.96. The number of alkyl halides is 1. The molecule has 1 aromatic carbocycles. The molecule has 2 N–H and O–H groups in total. The Kier molecular flexibility index (Phi) is 7.35. The molecule has 0 bridgehead atoms. The molecular weight excluding hydrogens is 573 g/mol. The van der Waals surface area contributed by atoms with Crippen molar-refractivity contribution in [1.82, 2.24) is 29.0 Å². The number of imidazole rings is 1. The maximum absolute atomic E-state index is 14.3. The molecule has 5 aromatic rings. The van der Waals surface area contributed by atoms with Gasteiger partial charge in [-0.15, -0.1) is 0 Å². The van der Waals surface area contributed by atoms with E-state index >= 15 is 0 Å². The third-order valence-electron chi connectivity index (χ3n) is 8.90. The number of piperidine rings is 1. The summed E-state index contributed by atoms with van der Waals surface area (Å²) in [5.41, 5.74) is 11.6. The van der Waals surface area contributed by atoms with E-state index in [4.69, 9.17) is 20.4 Å². The molecule has 4 aromatic heterocycles. The lowest BCUT2D eigenvalue weighted by atomic mass is 10.0. The van der Waals surface area contributed by atoms with Crippen LogP contribution in [0.2, 0.25) is 0 Å². The first-order valence-electron chi connectivity index (χ1n) is 15.5. The SMILES string of the molecule is CCC(=O)c1ccc(-c2ccc3cc(-c4nc5cc(C(=O)N6C[C@H](N)C[C@@H](F)C6)cc(OC)c5n4C)n(CC4CC4)c3n2)cn1. The van der Waals surface area contributed by atoms with Crippen LogP contribution in [0.4, 0.5) is 4.39 Å². The molecule has 1 aliphatic carbocycles. The Morgan fingerprint density at radius 2 is 1.91 bits per heavy atom. The molecular formula is C34H36FN7O3. The summed E-state index contributed by atoms with van der Waals surface area (Å²) in [6, 6.07) is 12.8. The van der Waals surface area contributed by atoms with Gasteiger partial charge in [0.15, 0.2) is 11.6 Å². The standard InChI is InChI=1S/C34H36FN7O3/c1-4-29(43)26-10-8-21(15-37-26)25-9-7-20-12-28(42(32(20)38-25)16-19-5-6-19)33-39-27-11-22(13-30(45-3)31(27)40(33)2)34(44)41-17-23(35)14-24(36)18-41/h7-13,15,19,23-24H,4-6,14,16-18,36H2,1-3H3/t23-,24-/m1/s1. The number of hydrogen-bond donors (Lipinski definition) is 1. The predicted octanol–water partition coefficient (Wildman–Crippen LogP) is 5.17. The Balaban J connectivity index is 1.31. The van der Waals surface area contributed by atoms with E-state index in [2.05, 4.69) is 21.7 Å². The van der Waals surface area contributed by atoms with E-state index in [-0.39, 0.29) is 24.7 Å². The Hall–Kier alpha value is -4.64. The van der Waals surface area contributed by atoms with Gasteiger partial charge in [0, 0.05) is 55.3 Å². The van der Waals surface area contributed by atoms with Crippen LogP contribution >= 0.6 is 0 Å². The number of benzene rings is 1. The van der Waals surface area contributed by atoms with Crippen LogP contribution in [0.5, 0.6) is 5.75 Å². The number of nitrogens with zero attached hydrogens (tertiary/aromatic N) is 6. The monoisotopic (exact) mass is 609 g/mol. The number of halogens is 1. The van der Waals surface area contributed by atoms with Crippen LogP contribution in [0.25, 0.3) is 44.8 Å². The number of nitrogens with two attached hydrogens (primary N) is 1. The fraction of sp³-hybridized carbons (Fsp3) is 0.382. The number of aryl methyl sites for hydroxylation is 1. The highest BCUT2D eigenvalue weighted by Crippen LogP contribution is 2.38. The molecule has 0 radical (unpaired) electrons. The number of aromatic nitrogens is 5. The van der Waals surface area contributed by atoms with E-state index < -0.39 is 12.2 Å². The Morgan fingerprint density at radius 1 is 1.09 bits per heavy atom. The van der Waals surface area contributed by atoms with Gasteiger partial charge in [-0.1, -0.05) is 6.92 Å². The van der Waals surface area contributed by atoms with Gasteiger partial charge in [0.05, 0.1) is 30.6 Å². The summed E-state index contributed by atoms with van der Waals surface area (Å²) in [5.74, 6) is 1.52. The zero-order valence-corrected chi connectivity index (χ0v) is 25.7. The lowest BCUT2D eigenvalue weighted by Crippen LogP contribution is -2.50. The second-order valence-electron chi connectivity index (χ2n) is 12.2. The minimum absolute atomic E-state index is 0.00702. The molecule has 0 spiro atoms. The first-order chi connectivity index (χ1) is 21.7. The second kappa shape index (κ2) is 11.4. The van der Waals surface area contributed by atoms with E-state index in [9.17, 15) is 14.0 Å². The first kappa shape index (κ1) is 29.1. The number of hydrogen-bond acceptors (Lipinski definition) is 7. The largest absolute Gasteiger partial charge is 0.494 e. The maximum atomic E-state index is 14.3. The van der Waals surface area contributed by atoms with Gasteiger partial charge in [0.1, 0.15) is 28.8 Å². The maximum Gasteiger partial charge on any atom is 0.254 e. The summed E-state index contributed by atoms with van der Waals surface area (Å²) in [5, 5.41) is 0.984. The van der Waals surface area contributed by atoms with Gasteiger partial charge in [-0.2, -0.15) is 0 Å². The number of fused-ring (bicyclic) bond motifs is 2. The topological polar surface area (TPSA) is 121 Å². The molecule has 7 rings (SSSR count). The smallest absolute Gasteiger partial charge is 0.254 e. The van der Waals surface area contributed by atoms with Gasteiger partial charge in [0.2, 0.25) is 0 Å². The van der Waals surface area contributed by atoms with E-state index in [0.717, 1.165) is 58.7 Å². The zero-order chi connectivity index (χ0) is 31.4. The molecule has 1 saturated heterocycles. The number of pyridine rings is 2. The van der Waals surface area contributed by atoms with Crippen LogP contribution in [-0.2, 0) is 13.6 Å². The fourth-order valence-electron chi connectivity index (χ4n) is 6.35. The van der Waals surface area contributed by atoms with Crippen molar-refractivity contribution in [2.24, 2.45) is 18.7 Å². The summed E-state index contributed by atoms with van der Waals surface area (Å²) >= 11 is 0. The van der Waals surface area contributed by atoms with Crippen LogP contribution in [0.1, 0.15) is 53.5 Å². The number of carbonyl (C=O) groups is 2. The third-order valence-corrected chi connectivity index (χ3v) is 8.90. The van der Waals surface area contributed by atoms with Gasteiger partial charge in [-0.25, -0.2) is 14.4 Å². The molecule has 2 aliphatic rings. The third kappa shape index (κ3) is 5.35. The van der Waals surface area contributed by atoms with E-state index in [1.165, 1.54) is 4.90 Å². The molecule has 45 heavy (non-hydrogen) atoms. The second-order valence-corrected chi connectivity index (χ2v) is 12.2. The fourth-order valence-corrected chi connectivity index (χ4v) is 6.35. The quantitative estimate of drug-likeness (QED) is 0.241. The van der Waals surface area contributed by atoms with Gasteiger partial charge in [0.25, 0.3) is 5.91 Å².